The van der Waals surface area contributed by atoms with Gasteiger partial charge in [-0.25, -0.2) is 14.6 Å². The number of nitrogens with one attached hydrogen (secondary N) is 4. The predicted octanol–water partition coefficient (Wildman–Crippen LogP) is 2.20. The number of hydrogen-bond donors (Lipinski definition) is 5. The molecule has 2 aliphatic heterocycles. The summed E-state index contributed by atoms with van der Waals surface area (Å²) in [5.41, 5.74) is 2.91. The maximum absolute atomic E-state index is 13.7. The van der Waals surface area contributed by atoms with Crippen molar-refractivity contribution in [3.05, 3.63) is 107 Å². The van der Waals surface area contributed by atoms with E-state index in [0.717, 1.165) is 10.6 Å². The van der Waals surface area contributed by atoms with Gasteiger partial charge in [-0.05, 0) is 24.6 Å². The lowest BCUT2D eigenvalue weighted by Crippen LogP contribution is -2.56. The molecular formula is C37H38N8O6S. The molecule has 52 heavy (non-hydrogen) atoms. The maximum Gasteiger partial charge on any atom is 0.245 e. The van der Waals surface area contributed by atoms with Gasteiger partial charge in [0, 0.05) is 22.9 Å². The van der Waals surface area contributed by atoms with Gasteiger partial charge in [-0.3, -0.25) is 19.2 Å². The molecule has 0 radical (unpaired) electrons. The third-order valence-corrected chi connectivity index (χ3v) is 9.15. The first-order valence-corrected chi connectivity index (χ1v) is 17.6. The summed E-state index contributed by atoms with van der Waals surface area (Å²) in [5.74, 6) is -0.939. The molecule has 5 N–H and O–H groups in total. The van der Waals surface area contributed by atoms with E-state index < -0.39 is 42.5 Å². The first-order chi connectivity index (χ1) is 25.2. The molecule has 0 spiro atoms. The SMILES string of the molecule is C[C@@H]1NC(=O)[C@H](CO)NC(=O)[C@@H](NC(=O)Cc2csc(-c3ccccc3)n2)Cc2ccc(cc2)OCCNC(=O)Cn2nc(-c3ccccc3)nc21. The Hall–Kier alpha value is -5.93. The number of nitrogens with zero attached hydrogens (tertiary/aromatic N) is 4. The quantitative estimate of drug-likeness (QED) is 0.175. The lowest BCUT2D eigenvalue weighted by Gasteiger charge is -2.23. The highest BCUT2D eigenvalue weighted by atomic mass is 32.1. The van der Waals surface area contributed by atoms with Gasteiger partial charge in [0.05, 0.1) is 31.3 Å². The van der Waals surface area contributed by atoms with Crippen LogP contribution >= 0.6 is 11.3 Å². The van der Waals surface area contributed by atoms with Gasteiger partial charge in [-0.15, -0.1) is 11.3 Å². The van der Waals surface area contributed by atoms with Crippen LogP contribution in [0.2, 0.25) is 0 Å². The van der Waals surface area contributed by atoms with Gasteiger partial charge in [0.2, 0.25) is 23.6 Å². The number of hydrogen-bond acceptors (Lipinski definition) is 10. The van der Waals surface area contributed by atoms with Crippen LogP contribution in [0.4, 0.5) is 0 Å². The molecule has 0 saturated carbocycles. The third kappa shape index (κ3) is 9.24. The molecule has 0 fully saturated rings. The van der Waals surface area contributed by atoms with E-state index in [1.807, 2.05) is 60.7 Å². The molecule has 3 atom stereocenters. The number of aliphatic hydroxyl groups excluding tert-OH is 1. The highest BCUT2D eigenvalue weighted by Crippen LogP contribution is 2.24. The minimum Gasteiger partial charge on any atom is -0.492 e. The van der Waals surface area contributed by atoms with Gasteiger partial charge in [0.25, 0.3) is 0 Å². The Kier molecular flexibility index (Phi) is 11.6. The fraction of sp³-hybridized carbons (Fsp3) is 0.270. The summed E-state index contributed by atoms with van der Waals surface area (Å²) < 4.78 is 7.22. The van der Waals surface area contributed by atoms with E-state index in [0.29, 0.717) is 28.4 Å². The normalized spacial score (nSPS) is 18.7. The van der Waals surface area contributed by atoms with E-state index in [4.69, 9.17) is 4.74 Å². The Labute approximate surface area is 303 Å². The summed E-state index contributed by atoms with van der Waals surface area (Å²) >= 11 is 1.42. The number of thiazole rings is 1. The Morgan fingerprint density at radius 1 is 0.942 bits per heavy atom. The molecule has 14 nitrogen and oxygen atoms in total. The second kappa shape index (κ2) is 16.9. The minimum absolute atomic E-state index is 0.0660. The average molecular weight is 723 g/mol. The van der Waals surface area contributed by atoms with Crippen LogP contribution in [0, 0.1) is 0 Å². The first kappa shape index (κ1) is 35.9. The molecule has 2 bridgehead atoms. The summed E-state index contributed by atoms with van der Waals surface area (Å²) in [6, 6.07) is 22.5. The Balaban J connectivity index is 1.22. The van der Waals surface area contributed by atoms with Crippen molar-refractivity contribution in [1.82, 2.24) is 41.0 Å². The highest BCUT2D eigenvalue weighted by molar-refractivity contribution is 7.13. The Morgan fingerprint density at radius 3 is 2.37 bits per heavy atom. The van der Waals surface area contributed by atoms with Gasteiger partial charge in [-0.1, -0.05) is 72.8 Å². The molecule has 0 aliphatic carbocycles. The highest BCUT2D eigenvalue weighted by Gasteiger charge is 2.29. The lowest BCUT2D eigenvalue weighted by molar-refractivity contribution is -0.132. The molecule has 2 aromatic heterocycles. The van der Waals surface area contributed by atoms with Gasteiger partial charge in [0.1, 0.15) is 41.8 Å². The van der Waals surface area contributed by atoms with Crippen molar-refractivity contribution < 1.29 is 29.0 Å². The molecule has 15 heteroatoms. The zero-order chi connectivity index (χ0) is 36.5. The standard InChI is InChI=1S/C37H38N8O6S/c1-23-34-43-33(25-8-4-2-5-9-25)44-45(34)20-32(48)38-16-17-51-28-14-12-24(13-15-28)18-29(35(49)42-30(21-46)36(50)39-23)41-31(47)19-27-22-52-37(40-27)26-10-6-3-7-11-26/h2-15,22-23,29-30,46H,16-21H2,1H3,(H,38,48)(H,39,50)(H,41,47)(H,42,49)/t23-,29-,30-/m0/s1. The fourth-order valence-corrected chi connectivity index (χ4v) is 6.40. The van der Waals surface area contributed by atoms with Gasteiger partial charge in [-0.2, -0.15) is 5.10 Å². The van der Waals surface area contributed by atoms with Crippen molar-refractivity contribution in [3.8, 4) is 27.7 Å². The van der Waals surface area contributed by atoms with Crippen molar-refractivity contribution in [3.63, 3.8) is 0 Å². The van der Waals surface area contributed by atoms with E-state index in [1.54, 1.807) is 36.6 Å². The predicted molar refractivity (Wildman–Crippen MR) is 193 cm³/mol. The van der Waals surface area contributed by atoms with E-state index >= 15 is 0 Å². The number of fused-ring (bicyclic) bond motifs is 14. The number of aromatic nitrogens is 4. The number of amides is 4. The van der Waals surface area contributed by atoms with Crippen molar-refractivity contribution in [1.29, 1.82) is 0 Å². The minimum atomic E-state index is -1.36. The molecule has 5 aromatic rings. The third-order valence-electron chi connectivity index (χ3n) is 8.21. The summed E-state index contributed by atoms with van der Waals surface area (Å²) in [6.07, 6.45) is 0.0191. The van der Waals surface area contributed by atoms with Crippen LogP contribution in [0.15, 0.2) is 90.3 Å². The molecule has 7 rings (SSSR count). The van der Waals surface area contributed by atoms with Crippen LogP contribution in [-0.4, -0.2) is 80.3 Å². The largest absolute Gasteiger partial charge is 0.492 e. The van der Waals surface area contributed by atoms with Crippen LogP contribution in [0.5, 0.6) is 5.75 Å². The number of aliphatic hydroxyl groups is 1. The van der Waals surface area contributed by atoms with Gasteiger partial charge >= 0.3 is 0 Å². The second-order valence-electron chi connectivity index (χ2n) is 12.1. The number of carbonyl (C=O) groups excluding carboxylic acids is 4. The van der Waals surface area contributed by atoms with E-state index in [1.165, 1.54) is 16.0 Å². The lowest BCUT2D eigenvalue weighted by atomic mass is 10.0. The van der Waals surface area contributed by atoms with E-state index in [2.05, 4.69) is 36.3 Å². The zero-order valence-corrected chi connectivity index (χ0v) is 29.1. The zero-order valence-electron chi connectivity index (χ0n) is 28.3. The smallest absolute Gasteiger partial charge is 0.245 e. The van der Waals surface area contributed by atoms with Crippen molar-refractivity contribution in [2.75, 3.05) is 19.8 Å². The molecule has 0 saturated heterocycles. The summed E-state index contributed by atoms with van der Waals surface area (Å²) in [7, 11) is 0. The van der Waals surface area contributed by atoms with E-state index in [9.17, 15) is 24.3 Å². The van der Waals surface area contributed by atoms with Crippen molar-refractivity contribution in [2.45, 2.75) is 44.4 Å². The Morgan fingerprint density at radius 2 is 1.65 bits per heavy atom. The van der Waals surface area contributed by atoms with Crippen molar-refractivity contribution >= 4 is 35.0 Å². The molecular weight excluding hydrogens is 685 g/mol. The molecule has 4 amide bonds. The van der Waals surface area contributed by atoms with Crippen LogP contribution < -0.4 is 26.0 Å². The monoisotopic (exact) mass is 722 g/mol. The average Bonchev–Trinajstić information content (AvgIpc) is 3.80. The topological polar surface area (TPSA) is 189 Å². The number of ether oxygens (including phenoxy) is 1. The van der Waals surface area contributed by atoms with E-state index in [-0.39, 0.29) is 44.3 Å². The van der Waals surface area contributed by atoms with Crippen LogP contribution in [0.25, 0.3) is 22.0 Å². The number of rotatable bonds is 6. The van der Waals surface area contributed by atoms with Crippen LogP contribution in [0.3, 0.4) is 0 Å². The summed E-state index contributed by atoms with van der Waals surface area (Å²) in [4.78, 5) is 62.6. The van der Waals surface area contributed by atoms with Gasteiger partial charge in [0.15, 0.2) is 5.82 Å². The Bertz CT molecular complexity index is 2000. The number of benzene rings is 3. The fourth-order valence-electron chi connectivity index (χ4n) is 5.57. The summed E-state index contributed by atoms with van der Waals surface area (Å²) in [6.45, 7) is 1.18. The van der Waals surface area contributed by atoms with Gasteiger partial charge < -0.3 is 31.1 Å². The van der Waals surface area contributed by atoms with Crippen molar-refractivity contribution in [2.24, 2.45) is 0 Å². The molecule has 4 heterocycles. The maximum atomic E-state index is 13.7. The number of carbonyl (C=O) groups is 4. The first-order valence-electron chi connectivity index (χ1n) is 16.7. The molecule has 0 unspecified atom stereocenters. The van der Waals surface area contributed by atoms with Crippen LogP contribution in [0.1, 0.15) is 30.0 Å². The van der Waals surface area contributed by atoms with Crippen LogP contribution in [-0.2, 0) is 38.6 Å². The second-order valence-corrected chi connectivity index (χ2v) is 13.0. The molecule has 268 valence electrons. The molecule has 3 aromatic carbocycles. The molecule has 2 aliphatic rings. The summed E-state index contributed by atoms with van der Waals surface area (Å²) in [5, 5.41) is 28.3.